The van der Waals surface area contributed by atoms with Gasteiger partial charge in [0, 0.05) is 19.3 Å². The maximum atomic E-state index is 12.9. The molecule has 0 amide bonds. The van der Waals surface area contributed by atoms with Crippen molar-refractivity contribution in [1.82, 2.24) is 0 Å². The fourth-order valence-electron chi connectivity index (χ4n) is 7.63. The van der Waals surface area contributed by atoms with Gasteiger partial charge >= 0.3 is 17.9 Å². The molecule has 6 nitrogen and oxygen atoms in total. The molecule has 71 heavy (non-hydrogen) atoms. The van der Waals surface area contributed by atoms with Crippen molar-refractivity contribution in [3.8, 4) is 0 Å². The van der Waals surface area contributed by atoms with E-state index in [0.717, 1.165) is 135 Å². The van der Waals surface area contributed by atoms with Gasteiger partial charge in [-0.25, -0.2) is 0 Å². The zero-order valence-electron chi connectivity index (χ0n) is 45.9. The molecular formula is C65H106O6. The van der Waals surface area contributed by atoms with Gasteiger partial charge in [0.15, 0.2) is 6.10 Å². The highest BCUT2D eigenvalue weighted by Gasteiger charge is 2.19. The Morgan fingerprint density at radius 3 is 0.873 bits per heavy atom. The molecule has 1 unspecified atom stereocenters. The third kappa shape index (κ3) is 56.6. The Morgan fingerprint density at radius 1 is 0.296 bits per heavy atom. The summed E-state index contributed by atoms with van der Waals surface area (Å²) in [6.45, 7) is 6.35. The number of allylic oxidation sites excluding steroid dienone is 20. The molecule has 6 heteroatoms. The summed E-state index contributed by atoms with van der Waals surface area (Å²) in [4.78, 5) is 38.2. The van der Waals surface area contributed by atoms with E-state index in [0.29, 0.717) is 19.3 Å². The van der Waals surface area contributed by atoms with Gasteiger partial charge in [0.1, 0.15) is 13.2 Å². The molecule has 0 aromatic heterocycles. The summed E-state index contributed by atoms with van der Waals surface area (Å²) in [5.74, 6) is -0.951. The lowest BCUT2D eigenvalue weighted by atomic mass is 10.1. The lowest BCUT2D eigenvalue weighted by Crippen LogP contribution is -2.30. The highest BCUT2D eigenvalue weighted by atomic mass is 16.6. The number of carbonyl (C=O) groups excluding carboxylic acids is 3. The molecule has 0 saturated carbocycles. The molecule has 0 radical (unpaired) electrons. The smallest absolute Gasteiger partial charge is 0.306 e. The third-order valence-corrected chi connectivity index (χ3v) is 11.9. The fraction of sp³-hybridized carbons (Fsp3) is 0.646. The monoisotopic (exact) mass is 983 g/mol. The molecule has 0 aliphatic heterocycles. The van der Waals surface area contributed by atoms with Crippen LogP contribution in [0.3, 0.4) is 0 Å². The number of hydrogen-bond donors (Lipinski definition) is 0. The van der Waals surface area contributed by atoms with Gasteiger partial charge in [-0.05, 0) is 128 Å². The van der Waals surface area contributed by atoms with E-state index in [9.17, 15) is 14.4 Å². The normalized spacial score (nSPS) is 13.0. The average molecular weight is 984 g/mol. The molecule has 0 aliphatic rings. The van der Waals surface area contributed by atoms with Crippen LogP contribution in [0, 0.1) is 0 Å². The minimum Gasteiger partial charge on any atom is -0.462 e. The highest BCUT2D eigenvalue weighted by molar-refractivity contribution is 5.71. The van der Waals surface area contributed by atoms with Crippen molar-refractivity contribution in [3.05, 3.63) is 122 Å². The Hall–Kier alpha value is -4.19. The first-order chi connectivity index (χ1) is 35.0. The van der Waals surface area contributed by atoms with Crippen LogP contribution in [0.5, 0.6) is 0 Å². The summed E-state index contributed by atoms with van der Waals surface area (Å²) >= 11 is 0. The Labute approximate surface area is 437 Å². The van der Waals surface area contributed by atoms with E-state index in [1.807, 2.05) is 0 Å². The second kappa shape index (κ2) is 58.4. The molecule has 1 atom stereocenters. The number of rotatable bonds is 51. The van der Waals surface area contributed by atoms with E-state index in [2.05, 4.69) is 142 Å². The van der Waals surface area contributed by atoms with Crippen molar-refractivity contribution in [2.75, 3.05) is 13.2 Å². The van der Waals surface area contributed by atoms with Gasteiger partial charge in [-0.15, -0.1) is 0 Å². The van der Waals surface area contributed by atoms with Gasteiger partial charge in [0.05, 0.1) is 0 Å². The van der Waals surface area contributed by atoms with Crippen LogP contribution in [0.25, 0.3) is 0 Å². The lowest BCUT2D eigenvalue weighted by molar-refractivity contribution is -0.167. The van der Waals surface area contributed by atoms with Gasteiger partial charge in [0.25, 0.3) is 0 Å². The van der Waals surface area contributed by atoms with Gasteiger partial charge in [0.2, 0.25) is 0 Å². The maximum Gasteiger partial charge on any atom is 0.306 e. The second-order valence-electron chi connectivity index (χ2n) is 18.8. The number of unbranched alkanes of at least 4 members (excludes halogenated alkanes) is 20. The molecule has 0 N–H and O–H groups in total. The van der Waals surface area contributed by atoms with Crippen molar-refractivity contribution in [1.29, 1.82) is 0 Å². The van der Waals surface area contributed by atoms with E-state index in [1.165, 1.54) is 77.0 Å². The van der Waals surface area contributed by atoms with E-state index in [4.69, 9.17) is 14.2 Å². The summed E-state index contributed by atoms with van der Waals surface area (Å²) in [5.41, 5.74) is 0. The molecule has 0 aromatic carbocycles. The average Bonchev–Trinajstić information content (AvgIpc) is 3.37. The van der Waals surface area contributed by atoms with E-state index in [1.54, 1.807) is 0 Å². The van der Waals surface area contributed by atoms with Crippen molar-refractivity contribution in [3.63, 3.8) is 0 Å². The standard InChI is InChI=1S/C65H106O6/c1-4-7-10-13-16-19-22-25-28-31-32-35-37-40-43-46-49-52-55-58-64(67)70-61-62(71-65(68)59-56-53-50-47-44-41-38-34-30-27-24-21-18-15-12-9-6-3)60-69-63(66)57-54-51-48-45-42-39-36-33-29-26-23-20-17-14-11-8-5-2/h7,9-10,12,16-21,25-30,32,35,40,43,62H,4-6,8,11,13-15,22-24,31,33-34,36-39,41-42,44-61H2,1-3H3/b10-7-,12-9-,19-16-,20-17-,21-18-,28-25-,29-26-,30-27-,35-32-,43-40-. The van der Waals surface area contributed by atoms with Crippen LogP contribution >= 0.6 is 0 Å². The molecular weight excluding hydrogens is 877 g/mol. The predicted octanol–water partition coefficient (Wildman–Crippen LogP) is 19.6. The van der Waals surface area contributed by atoms with Crippen molar-refractivity contribution < 1.29 is 28.6 Å². The SMILES string of the molecule is CC/C=C\C/C=C\C/C=C\C/C=C\C/C=C\CCCCCC(=O)OCC(COC(=O)CCCCCCCCC/C=C\C/C=C\CCCCC)OC(=O)CCCCCCCCC/C=C\C/C=C\C/C=C\CC. The number of ether oxygens (including phenoxy) is 3. The zero-order valence-corrected chi connectivity index (χ0v) is 45.9. The van der Waals surface area contributed by atoms with Crippen LogP contribution in [0.4, 0.5) is 0 Å². The van der Waals surface area contributed by atoms with Crippen LogP contribution in [0.15, 0.2) is 122 Å². The van der Waals surface area contributed by atoms with Crippen molar-refractivity contribution in [2.24, 2.45) is 0 Å². The topological polar surface area (TPSA) is 78.9 Å². The molecule has 402 valence electrons. The Kier molecular flexibility index (Phi) is 54.9. The van der Waals surface area contributed by atoms with Crippen LogP contribution in [-0.2, 0) is 28.6 Å². The van der Waals surface area contributed by atoms with Crippen LogP contribution < -0.4 is 0 Å². The van der Waals surface area contributed by atoms with Gasteiger partial charge in [-0.1, -0.05) is 226 Å². The summed E-state index contributed by atoms with van der Waals surface area (Å²) in [7, 11) is 0. The molecule has 0 saturated heterocycles. The minimum absolute atomic E-state index is 0.0999. The quantitative estimate of drug-likeness (QED) is 0.0261. The molecule has 0 spiro atoms. The highest BCUT2D eigenvalue weighted by Crippen LogP contribution is 2.14. The summed E-state index contributed by atoms with van der Waals surface area (Å²) < 4.78 is 16.8. The largest absolute Gasteiger partial charge is 0.462 e. The first kappa shape index (κ1) is 66.8. The Bertz CT molecular complexity index is 1500. The third-order valence-electron chi connectivity index (χ3n) is 11.9. The number of esters is 3. The van der Waals surface area contributed by atoms with Crippen LogP contribution in [0.2, 0.25) is 0 Å². The van der Waals surface area contributed by atoms with E-state index >= 15 is 0 Å². The molecule has 0 rings (SSSR count). The lowest BCUT2D eigenvalue weighted by Gasteiger charge is -2.18. The summed E-state index contributed by atoms with van der Waals surface area (Å²) in [6, 6.07) is 0. The van der Waals surface area contributed by atoms with Gasteiger partial charge in [-0.3, -0.25) is 14.4 Å². The van der Waals surface area contributed by atoms with Crippen molar-refractivity contribution >= 4 is 17.9 Å². The van der Waals surface area contributed by atoms with Crippen LogP contribution in [0.1, 0.15) is 252 Å². The molecule has 0 heterocycles. The van der Waals surface area contributed by atoms with Crippen molar-refractivity contribution in [2.45, 2.75) is 258 Å². The number of carbonyl (C=O) groups is 3. The second-order valence-corrected chi connectivity index (χ2v) is 18.8. The molecule has 0 bridgehead atoms. The Balaban J connectivity index is 4.49. The van der Waals surface area contributed by atoms with E-state index in [-0.39, 0.29) is 31.1 Å². The first-order valence-electron chi connectivity index (χ1n) is 29.0. The van der Waals surface area contributed by atoms with Gasteiger partial charge in [-0.2, -0.15) is 0 Å². The molecule has 0 aromatic rings. The van der Waals surface area contributed by atoms with Crippen LogP contribution in [-0.4, -0.2) is 37.2 Å². The predicted molar refractivity (Wildman–Crippen MR) is 306 cm³/mol. The minimum atomic E-state index is -0.805. The van der Waals surface area contributed by atoms with Gasteiger partial charge < -0.3 is 14.2 Å². The fourth-order valence-corrected chi connectivity index (χ4v) is 7.63. The summed E-state index contributed by atoms with van der Waals surface area (Å²) in [5, 5.41) is 0. The number of hydrogen-bond acceptors (Lipinski definition) is 6. The zero-order chi connectivity index (χ0) is 51.4. The first-order valence-corrected chi connectivity index (χ1v) is 29.0. The maximum absolute atomic E-state index is 12.9. The Morgan fingerprint density at radius 2 is 0.549 bits per heavy atom. The molecule has 0 fully saturated rings. The summed E-state index contributed by atoms with van der Waals surface area (Å²) in [6.07, 6.45) is 80.4. The molecule has 0 aliphatic carbocycles. The van der Waals surface area contributed by atoms with E-state index < -0.39 is 6.10 Å².